The Kier molecular flexibility index (Phi) is 19.2. The predicted molar refractivity (Wildman–Crippen MR) is 338 cm³/mol. The number of unbranched alkanes of at least 4 members (excludes halogenated alkanes) is 4. The molecule has 1 unspecified atom stereocenters. The Bertz CT molecular complexity index is 3230. The molecule has 77 heavy (non-hydrogen) atoms. The number of fused-ring (bicyclic) bond motifs is 3. The van der Waals surface area contributed by atoms with Crippen LogP contribution in [0.25, 0.3) is 32.0 Å². The molecule has 4 aromatic carbocycles. The molecule has 0 radical (unpaired) electrons. The van der Waals surface area contributed by atoms with E-state index in [9.17, 15) is 9.59 Å². The molecule has 3 aromatic heterocycles. The van der Waals surface area contributed by atoms with E-state index in [1.165, 1.54) is 124 Å². The monoisotopic (exact) mass is 1090 g/mol. The van der Waals surface area contributed by atoms with Gasteiger partial charge in [-0.25, -0.2) is 0 Å². The van der Waals surface area contributed by atoms with E-state index < -0.39 is 0 Å². The van der Waals surface area contributed by atoms with Crippen LogP contribution < -0.4 is 4.90 Å². The number of benzene rings is 4. The molecule has 0 saturated carbocycles. The van der Waals surface area contributed by atoms with Crippen LogP contribution in [0.2, 0.25) is 0 Å². The van der Waals surface area contributed by atoms with Gasteiger partial charge in [-0.3, -0.25) is 9.59 Å². The molecule has 0 spiro atoms. The molecule has 0 fully saturated rings. The molecule has 1 atom stereocenters. The van der Waals surface area contributed by atoms with Gasteiger partial charge in [0.25, 0.3) is 0 Å². The molecule has 3 nitrogen and oxygen atoms in total. The zero-order valence-electron chi connectivity index (χ0n) is 46.2. The molecule has 398 valence electrons. The fraction of sp³-hybridized carbons (Fsp3) is 0.343. The van der Waals surface area contributed by atoms with Gasteiger partial charge in [0.1, 0.15) is 6.29 Å². The molecule has 0 bridgehead atoms. The van der Waals surface area contributed by atoms with Crippen LogP contribution in [-0.4, -0.2) is 24.4 Å². The van der Waals surface area contributed by atoms with Crippen molar-refractivity contribution >= 4 is 80.2 Å². The van der Waals surface area contributed by atoms with E-state index in [0.29, 0.717) is 0 Å². The second kappa shape index (κ2) is 26.4. The SMILES string of the molecule is CCCCC(CCCC)(c1ccccc1)c1cc(N(c2ccc3c(c2)C(CCCC)(CCCC)c2ccccc2-3)C2C=CC(c3cc(-c4ccc(C=O)s4)c(Cc4ccc(/C(=C/C=C/C=O)SCC)s4)s3)=CC2)ccc1C. The van der Waals surface area contributed by atoms with Gasteiger partial charge < -0.3 is 4.90 Å². The summed E-state index contributed by atoms with van der Waals surface area (Å²) in [6, 6.07) is 46.7. The Morgan fingerprint density at radius 2 is 1.40 bits per heavy atom. The number of allylic oxidation sites excluding steroid dienone is 5. The summed E-state index contributed by atoms with van der Waals surface area (Å²) < 4.78 is 0. The van der Waals surface area contributed by atoms with E-state index >= 15 is 0 Å². The summed E-state index contributed by atoms with van der Waals surface area (Å²) in [7, 11) is 0. The number of thiophene rings is 3. The highest BCUT2D eigenvalue weighted by Crippen LogP contribution is 2.56. The Morgan fingerprint density at radius 1 is 0.688 bits per heavy atom. The van der Waals surface area contributed by atoms with E-state index in [4.69, 9.17) is 0 Å². The molecular weight excluding hydrogens is 1020 g/mol. The minimum absolute atomic E-state index is 0.0213. The molecule has 0 aliphatic heterocycles. The third-order valence-electron chi connectivity index (χ3n) is 16.2. The van der Waals surface area contributed by atoms with Crippen molar-refractivity contribution in [1.29, 1.82) is 0 Å². The summed E-state index contributed by atoms with van der Waals surface area (Å²) in [6.07, 6.45) is 30.2. The maximum atomic E-state index is 12.0. The zero-order valence-corrected chi connectivity index (χ0v) is 49.5. The highest BCUT2D eigenvalue weighted by molar-refractivity contribution is 8.08. The minimum atomic E-state index is -0.0975. The van der Waals surface area contributed by atoms with Crippen molar-refractivity contribution in [2.75, 3.05) is 10.7 Å². The average molecular weight is 1090 g/mol. The van der Waals surface area contributed by atoms with Gasteiger partial charge in [-0.05, 0) is 156 Å². The van der Waals surface area contributed by atoms with E-state index in [-0.39, 0.29) is 16.9 Å². The third-order valence-corrected chi connectivity index (χ3v) is 20.6. The van der Waals surface area contributed by atoms with Gasteiger partial charge in [0.05, 0.1) is 10.9 Å². The van der Waals surface area contributed by atoms with Crippen LogP contribution in [0.3, 0.4) is 0 Å². The first-order chi connectivity index (χ1) is 37.7. The van der Waals surface area contributed by atoms with Crippen molar-refractivity contribution in [2.45, 2.75) is 148 Å². The van der Waals surface area contributed by atoms with Crippen molar-refractivity contribution < 1.29 is 9.59 Å². The number of nitrogens with zero attached hydrogens (tertiary/aromatic N) is 1. The number of carbonyl (C=O) groups is 2. The fourth-order valence-corrected chi connectivity index (χ4v) is 16.5. The normalized spacial score (nSPS) is 15.0. The first-order valence-corrected chi connectivity index (χ1v) is 32.0. The molecule has 2 aliphatic rings. The van der Waals surface area contributed by atoms with E-state index in [1.54, 1.807) is 29.2 Å². The van der Waals surface area contributed by atoms with Crippen molar-refractivity contribution in [2.24, 2.45) is 0 Å². The second-order valence-corrected chi connectivity index (χ2v) is 25.8. The van der Waals surface area contributed by atoms with E-state index in [1.807, 2.05) is 40.9 Å². The fourth-order valence-electron chi connectivity index (χ4n) is 12.3. The molecule has 2 aliphatic carbocycles. The lowest BCUT2D eigenvalue weighted by Crippen LogP contribution is -2.33. The van der Waals surface area contributed by atoms with E-state index in [0.717, 1.165) is 79.4 Å². The maximum Gasteiger partial charge on any atom is 0.160 e. The molecule has 0 amide bonds. The third kappa shape index (κ3) is 12.1. The van der Waals surface area contributed by atoms with Crippen LogP contribution in [0.15, 0.2) is 158 Å². The average Bonchev–Trinajstić information content (AvgIpc) is 4.35. The molecule has 3 heterocycles. The number of aryl methyl sites for hydroxylation is 1. The summed E-state index contributed by atoms with van der Waals surface area (Å²) in [6.45, 7) is 13.9. The van der Waals surface area contributed by atoms with Gasteiger partial charge in [-0.2, -0.15) is 0 Å². The van der Waals surface area contributed by atoms with Crippen LogP contribution in [0.5, 0.6) is 0 Å². The zero-order chi connectivity index (χ0) is 53.8. The van der Waals surface area contributed by atoms with Crippen molar-refractivity contribution in [3.63, 3.8) is 0 Å². The summed E-state index contributed by atoms with van der Waals surface area (Å²) in [5.41, 5.74) is 15.0. The molecule has 0 saturated heterocycles. The Morgan fingerprint density at radius 3 is 2.09 bits per heavy atom. The van der Waals surface area contributed by atoms with Crippen LogP contribution in [0.1, 0.15) is 175 Å². The number of aldehydes is 2. The van der Waals surface area contributed by atoms with Gasteiger partial charge in [-0.15, -0.1) is 45.8 Å². The van der Waals surface area contributed by atoms with Crippen LogP contribution in [0, 0.1) is 6.92 Å². The molecule has 7 heteroatoms. The standard InChI is InChI=1S/C70H77NO2S4/c1-7-12-40-69(41-13-8-2,52-23-17-16-18-24-52)62-45-54(31-28-50(62)6)71(55-34-37-59-58-25-19-20-26-61(58)70(42-14-9-3,43-15-10-4)63(59)46-55)53-32-29-51(30-33-53)67-48-60(64-38-36-57(49-73)76-64)68(77-67)47-56-35-39-66(75-56)65(74-11-5)27-21-22-44-72/h16-32,34-39,44-46,48-49,53H,7-15,33,40-43,47H2,1-6H3/b22-21+,65-27-. The first-order valence-electron chi connectivity index (χ1n) is 28.6. The van der Waals surface area contributed by atoms with Gasteiger partial charge in [0.2, 0.25) is 0 Å². The molecule has 7 aromatic rings. The smallest absolute Gasteiger partial charge is 0.160 e. The number of anilines is 2. The van der Waals surface area contributed by atoms with Crippen LogP contribution >= 0.6 is 45.8 Å². The summed E-state index contributed by atoms with van der Waals surface area (Å²) in [5.74, 6) is 0.950. The lowest BCUT2D eigenvalue weighted by Gasteiger charge is -2.39. The van der Waals surface area contributed by atoms with Crippen molar-refractivity contribution in [3.05, 3.63) is 210 Å². The number of rotatable bonds is 27. The minimum Gasteiger partial charge on any atom is -0.334 e. The van der Waals surface area contributed by atoms with Gasteiger partial charge in [0, 0.05) is 63.5 Å². The molecule has 9 rings (SSSR count). The van der Waals surface area contributed by atoms with Crippen LogP contribution in [-0.2, 0) is 22.0 Å². The number of hydrogen-bond acceptors (Lipinski definition) is 7. The Labute approximate surface area is 477 Å². The van der Waals surface area contributed by atoms with Crippen molar-refractivity contribution in [1.82, 2.24) is 0 Å². The predicted octanol–water partition coefficient (Wildman–Crippen LogP) is 21.0. The van der Waals surface area contributed by atoms with Crippen LogP contribution in [0.4, 0.5) is 11.4 Å². The van der Waals surface area contributed by atoms with Gasteiger partial charge >= 0.3 is 0 Å². The molecule has 0 N–H and O–H groups in total. The number of thioether (sulfide) groups is 1. The lowest BCUT2D eigenvalue weighted by atomic mass is 9.66. The number of hydrogen-bond donors (Lipinski definition) is 0. The quantitative estimate of drug-likeness (QED) is 0.0292. The number of carbonyl (C=O) groups excluding carboxylic acids is 2. The summed E-state index contributed by atoms with van der Waals surface area (Å²) in [4.78, 5) is 33.9. The van der Waals surface area contributed by atoms with Crippen molar-refractivity contribution in [3.8, 4) is 21.6 Å². The highest BCUT2D eigenvalue weighted by Gasteiger charge is 2.43. The highest BCUT2D eigenvalue weighted by atomic mass is 32.2. The topological polar surface area (TPSA) is 37.4 Å². The Balaban J connectivity index is 1.15. The van der Waals surface area contributed by atoms with Gasteiger partial charge in [-0.1, -0.05) is 177 Å². The largest absolute Gasteiger partial charge is 0.334 e. The summed E-state index contributed by atoms with van der Waals surface area (Å²) in [5, 5.41) is 0. The van der Waals surface area contributed by atoms with E-state index in [2.05, 4.69) is 180 Å². The Hall–Kier alpha value is -5.57. The second-order valence-electron chi connectivity index (χ2n) is 21.1. The maximum absolute atomic E-state index is 12.0. The lowest BCUT2D eigenvalue weighted by molar-refractivity contribution is -0.104. The summed E-state index contributed by atoms with van der Waals surface area (Å²) >= 11 is 7.07. The van der Waals surface area contributed by atoms with Gasteiger partial charge in [0.15, 0.2) is 6.29 Å². The molecular formula is C70H77NO2S4. The first kappa shape index (κ1) is 56.2.